The van der Waals surface area contributed by atoms with E-state index in [0.29, 0.717) is 5.91 Å². The number of amides is 1. The molecule has 0 aromatic carbocycles. The normalized spacial score (nSPS) is 22.0. The Hall–Kier alpha value is -1.62. The first-order valence-electron chi connectivity index (χ1n) is 9.60. The molecule has 5 heteroatoms. The first kappa shape index (κ1) is 18.2. The quantitative estimate of drug-likeness (QED) is 0.842. The van der Waals surface area contributed by atoms with Gasteiger partial charge in [-0.1, -0.05) is 0 Å². The van der Waals surface area contributed by atoms with Gasteiger partial charge >= 0.3 is 0 Å². The molecule has 3 heterocycles. The summed E-state index contributed by atoms with van der Waals surface area (Å²) in [4.78, 5) is 21.9. The molecule has 1 atom stereocenters. The lowest BCUT2D eigenvalue weighted by Gasteiger charge is -2.36. The van der Waals surface area contributed by atoms with Gasteiger partial charge in [-0.25, -0.2) is 0 Å². The van der Waals surface area contributed by atoms with Crippen LogP contribution in [-0.4, -0.2) is 54.0 Å². The van der Waals surface area contributed by atoms with Gasteiger partial charge in [0.25, 0.3) is 0 Å². The average molecular weight is 345 g/mol. The van der Waals surface area contributed by atoms with Crippen LogP contribution >= 0.6 is 0 Å². The van der Waals surface area contributed by atoms with E-state index in [0.717, 1.165) is 81.0 Å². The summed E-state index contributed by atoms with van der Waals surface area (Å²) in [5.41, 5.74) is 3.25. The van der Waals surface area contributed by atoms with Gasteiger partial charge in [0.05, 0.1) is 18.7 Å². The zero-order chi connectivity index (χ0) is 17.8. The van der Waals surface area contributed by atoms with E-state index in [-0.39, 0.29) is 5.92 Å². The number of aromatic nitrogens is 1. The van der Waals surface area contributed by atoms with Crippen molar-refractivity contribution in [2.45, 2.75) is 52.5 Å². The minimum Gasteiger partial charge on any atom is -0.496 e. The monoisotopic (exact) mass is 345 g/mol. The number of piperidine rings is 2. The Kier molecular flexibility index (Phi) is 5.94. The van der Waals surface area contributed by atoms with Crippen LogP contribution in [0.5, 0.6) is 5.75 Å². The highest BCUT2D eigenvalue weighted by atomic mass is 16.5. The lowest BCUT2D eigenvalue weighted by atomic mass is 9.95. The second-order valence-electron chi connectivity index (χ2n) is 7.51. The molecule has 1 aromatic heterocycles. The minimum atomic E-state index is 0.152. The molecular weight excluding hydrogens is 314 g/mol. The number of hydrogen-bond acceptors (Lipinski definition) is 4. The Bertz CT molecular complexity index is 611. The number of likely N-dealkylation sites (tertiary alicyclic amines) is 2. The van der Waals surface area contributed by atoms with Crippen molar-refractivity contribution in [2.75, 3.05) is 33.3 Å². The second-order valence-corrected chi connectivity index (χ2v) is 7.51. The van der Waals surface area contributed by atoms with E-state index in [9.17, 15) is 4.79 Å². The number of rotatable bonds is 4. The SMILES string of the molecule is COc1c(C)cnc(CN2CCCC(C(=O)N3CCCCC3)C2)c1C. The summed E-state index contributed by atoms with van der Waals surface area (Å²) >= 11 is 0. The largest absolute Gasteiger partial charge is 0.496 e. The van der Waals surface area contributed by atoms with Crippen molar-refractivity contribution in [3.63, 3.8) is 0 Å². The minimum absolute atomic E-state index is 0.152. The average Bonchev–Trinajstić information content (AvgIpc) is 2.65. The fourth-order valence-electron chi connectivity index (χ4n) is 4.22. The zero-order valence-electron chi connectivity index (χ0n) is 15.9. The maximum absolute atomic E-state index is 12.8. The molecule has 0 N–H and O–H groups in total. The van der Waals surface area contributed by atoms with Crippen LogP contribution in [0.25, 0.3) is 0 Å². The molecule has 0 spiro atoms. The van der Waals surface area contributed by atoms with E-state index in [1.165, 1.54) is 6.42 Å². The van der Waals surface area contributed by atoms with Crippen LogP contribution in [0.2, 0.25) is 0 Å². The Morgan fingerprint density at radius 2 is 1.96 bits per heavy atom. The molecule has 1 unspecified atom stereocenters. The summed E-state index contributed by atoms with van der Waals surface area (Å²) in [5.74, 6) is 1.46. The number of carbonyl (C=O) groups is 1. The lowest BCUT2D eigenvalue weighted by Crippen LogP contribution is -2.46. The van der Waals surface area contributed by atoms with Gasteiger partial charge in [0, 0.05) is 43.5 Å². The van der Waals surface area contributed by atoms with E-state index < -0.39 is 0 Å². The number of nitrogens with zero attached hydrogens (tertiary/aromatic N) is 3. The van der Waals surface area contributed by atoms with Crippen molar-refractivity contribution in [1.29, 1.82) is 0 Å². The number of carbonyl (C=O) groups excluding carboxylic acids is 1. The predicted molar refractivity (Wildman–Crippen MR) is 98.7 cm³/mol. The summed E-state index contributed by atoms with van der Waals surface area (Å²) in [6.45, 7) is 8.70. The fourth-order valence-corrected chi connectivity index (χ4v) is 4.22. The molecule has 2 saturated heterocycles. The van der Waals surface area contributed by atoms with Gasteiger partial charge in [-0.15, -0.1) is 0 Å². The summed E-state index contributed by atoms with van der Waals surface area (Å²) in [7, 11) is 1.72. The predicted octanol–water partition coefficient (Wildman–Crippen LogP) is 2.93. The van der Waals surface area contributed by atoms with Gasteiger partial charge in [-0.05, 0) is 52.5 Å². The highest BCUT2D eigenvalue weighted by Crippen LogP contribution is 2.27. The molecule has 0 radical (unpaired) electrons. The van der Waals surface area contributed by atoms with Crippen molar-refractivity contribution < 1.29 is 9.53 Å². The van der Waals surface area contributed by atoms with Crippen LogP contribution in [0.15, 0.2) is 6.20 Å². The molecule has 0 saturated carbocycles. The molecule has 2 aliphatic rings. The fraction of sp³-hybridized carbons (Fsp3) is 0.700. The standard InChI is InChI=1S/C20H31N3O2/c1-15-12-21-18(16(2)19(15)25-3)14-22-9-7-8-17(13-22)20(24)23-10-5-4-6-11-23/h12,17H,4-11,13-14H2,1-3H3. The Labute approximate surface area is 151 Å². The molecule has 2 fully saturated rings. The zero-order valence-corrected chi connectivity index (χ0v) is 15.9. The molecule has 2 aliphatic heterocycles. The first-order valence-corrected chi connectivity index (χ1v) is 9.60. The van der Waals surface area contributed by atoms with Crippen LogP contribution in [-0.2, 0) is 11.3 Å². The lowest BCUT2D eigenvalue weighted by molar-refractivity contribution is -0.138. The maximum atomic E-state index is 12.8. The van der Waals surface area contributed by atoms with Crippen molar-refractivity contribution in [3.8, 4) is 5.75 Å². The van der Waals surface area contributed by atoms with Crippen molar-refractivity contribution in [1.82, 2.24) is 14.8 Å². The Morgan fingerprint density at radius 3 is 2.68 bits per heavy atom. The number of ether oxygens (including phenoxy) is 1. The van der Waals surface area contributed by atoms with Crippen LogP contribution in [0.3, 0.4) is 0 Å². The summed E-state index contributed by atoms with van der Waals surface area (Å²) in [6.07, 6.45) is 7.59. The Morgan fingerprint density at radius 1 is 1.20 bits per heavy atom. The van der Waals surface area contributed by atoms with E-state index in [2.05, 4.69) is 21.7 Å². The summed E-state index contributed by atoms with van der Waals surface area (Å²) < 4.78 is 5.52. The Balaban J connectivity index is 1.65. The number of methoxy groups -OCH3 is 1. The summed E-state index contributed by atoms with van der Waals surface area (Å²) in [5, 5.41) is 0. The van der Waals surface area contributed by atoms with Crippen LogP contribution in [0, 0.1) is 19.8 Å². The van der Waals surface area contributed by atoms with Gasteiger partial charge in [0.1, 0.15) is 5.75 Å². The third-order valence-corrected chi connectivity index (χ3v) is 5.65. The van der Waals surface area contributed by atoms with Crippen molar-refractivity contribution in [3.05, 3.63) is 23.0 Å². The highest BCUT2D eigenvalue weighted by Gasteiger charge is 2.30. The van der Waals surface area contributed by atoms with Gasteiger partial charge in [0.2, 0.25) is 5.91 Å². The third-order valence-electron chi connectivity index (χ3n) is 5.65. The first-order chi connectivity index (χ1) is 12.1. The molecule has 3 rings (SSSR count). The number of hydrogen-bond donors (Lipinski definition) is 0. The molecule has 25 heavy (non-hydrogen) atoms. The van der Waals surface area contributed by atoms with E-state index in [1.807, 2.05) is 13.1 Å². The highest BCUT2D eigenvalue weighted by molar-refractivity contribution is 5.79. The summed E-state index contributed by atoms with van der Waals surface area (Å²) in [6, 6.07) is 0. The molecule has 1 aromatic rings. The van der Waals surface area contributed by atoms with Crippen LogP contribution in [0.4, 0.5) is 0 Å². The van der Waals surface area contributed by atoms with Gasteiger partial charge < -0.3 is 9.64 Å². The van der Waals surface area contributed by atoms with Crippen LogP contribution in [0.1, 0.15) is 48.9 Å². The molecule has 5 nitrogen and oxygen atoms in total. The van der Waals surface area contributed by atoms with Crippen LogP contribution < -0.4 is 4.74 Å². The van der Waals surface area contributed by atoms with Gasteiger partial charge in [0.15, 0.2) is 0 Å². The third kappa shape index (κ3) is 4.14. The van der Waals surface area contributed by atoms with E-state index >= 15 is 0 Å². The smallest absolute Gasteiger partial charge is 0.226 e. The second kappa shape index (κ2) is 8.17. The molecule has 1 amide bonds. The topological polar surface area (TPSA) is 45.7 Å². The van der Waals surface area contributed by atoms with E-state index in [4.69, 9.17) is 4.74 Å². The van der Waals surface area contributed by atoms with Gasteiger partial charge in [-0.3, -0.25) is 14.7 Å². The van der Waals surface area contributed by atoms with Gasteiger partial charge in [-0.2, -0.15) is 0 Å². The number of pyridine rings is 1. The molecule has 0 bridgehead atoms. The van der Waals surface area contributed by atoms with Crippen molar-refractivity contribution in [2.24, 2.45) is 5.92 Å². The molecule has 138 valence electrons. The number of aryl methyl sites for hydroxylation is 1. The van der Waals surface area contributed by atoms with E-state index in [1.54, 1.807) is 7.11 Å². The van der Waals surface area contributed by atoms with Crippen molar-refractivity contribution >= 4 is 5.91 Å². The molecule has 0 aliphatic carbocycles. The molecular formula is C20H31N3O2. The maximum Gasteiger partial charge on any atom is 0.226 e.